The Hall–Kier alpha value is -3.75. The van der Waals surface area contributed by atoms with Crippen molar-refractivity contribution in [2.75, 3.05) is 19.5 Å². The number of nitrogen functional groups attached to an aromatic ring is 1. The fraction of sp³-hybridized carbons (Fsp3) is 0.200. The summed E-state index contributed by atoms with van der Waals surface area (Å²) in [6.45, 7) is -1.71. The number of esters is 1. The highest BCUT2D eigenvalue weighted by molar-refractivity contribution is 5.96. The molecular weight excluding hydrogens is 373 g/mol. The average Bonchev–Trinajstić information content (AvgIpc) is 2.94. The van der Waals surface area contributed by atoms with Gasteiger partial charge in [0.05, 0.1) is 29.0 Å². The van der Waals surface area contributed by atoms with Crippen molar-refractivity contribution in [3.05, 3.63) is 45.8 Å². The van der Waals surface area contributed by atoms with Crippen LogP contribution in [0.2, 0.25) is 0 Å². The topological polar surface area (TPSA) is 133 Å². The van der Waals surface area contributed by atoms with Crippen LogP contribution in [-0.2, 0) is 4.74 Å². The van der Waals surface area contributed by atoms with Gasteiger partial charge in [-0.2, -0.15) is 18.4 Å². The number of halogens is 3. The van der Waals surface area contributed by atoms with Gasteiger partial charge in [-0.3, -0.25) is 10.1 Å². The third-order valence-corrected chi connectivity index (χ3v) is 3.35. The highest BCUT2D eigenvalue weighted by Crippen LogP contribution is 2.33. The summed E-state index contributed by atoms with van der Waals surface area (Å²) < 4.78 is 47.0. The number of benzene rings is 1. The molecule has 142 valence electrons. The Morgan fingerprint density at radius 2 is 2.11 bits per heavy atom. The van der Waals surface area contributed by atoms with E-state index < -0.39 is 35.1 Å². The monoisotopic (exact) mass is 384 g/mol. The maximum absolute atomic E-state index is 12.3. The number of hydrogen-bond donors (Lipinski definition) is 1. The molecular formula is C15H11F3N4O5. The lowest BCUT2D eigenvalue weighted by atomic mass is 10.2. The molecule has 1 heterocycles. The van der Waals surface area contributed by atoms with E-state index in [0.29, 0.717) is 0 Å². The number of carbonyl (C=O) groups excluding carboxylic acids is 1. The smallest absolute Gasteiger partial charge is 0.422 e. The molecule has 0 atom stereocenters. The number of anilines is 1. The van der Waals surface area contributed by atoms with Gasteiger partial charge in [0.1, 0.15) is 6.07 Å². The van der Waals surface area contributed by atoms with E-state index in [1.54, 1.807) is 6.07 Å². The van der Waals surface area contributed by atoms with E-state index in [2.05, 4.69) is 9.47 Å². The van der Waals surface area contributed by atoms with Crippen molar-refractivity contribution in [2.24, 2.45) is 0 Å². The second-order valence-corrected chi connectivity index (χ2v) is 5.09. The minimum Gasteiger partial charge on any atom is -0.477 e. The molecule has 2 N–H and O–H groups in total. The van der Waals surface area contributed by atoms with Crippen molar-refractivity contribution in [3.63, 3.8) is 0 Å². The molecule has 27 heavy (non-hydrogen) atoms. The van der Waals surface area contributed by atoms with Crippen LogP contribution in [0.1, 0.15) is 16.1 Å². The second kappa shape index (κ2) is 7.24. The Morgan fingerprint density at radius 3 is 2.63 bits per heavy atom. The van der Waals surface area contributed by atoms with E-state index >= 15 is 0 Å². The molecule has 0 unspecified atom stereocenters. The predicted octanol–water partition coefficient (Wildman–Crippen LogP) is 2.57. The first-order valence-corrected chi connectivity index (χ1v) is 7.06. The van der Waals surface area contributed by atoms with Crippen LogP contribution in [-0.4, -0.2) is 35.4 Å². The zero-order chi connectivity index (χ0) is 20.4. The van der Waals surface area contributed by atoms with Gasteiger partial charge in [0.2, 0.25) is 0 Å². The number of nitrogens with zero attached hydrogens (tertiary/aromatic N) is 3. The normalized spacial score (nSPS) is 10.9. The molecule has 0 aliphatic carbocycles. The molecule has 0 saturated heterocycles. The summed E-state index contributed by atoms with van der Waals surface area (Å²) in [5.41, 5.74) is 4.40. The number of nitro groups is 1. The van der Waals surface area contributed by atoms with Gasteiger partial charge in [-0.1, -0.05) is 0 Å². The maximum atomic E-state index is 12.3. The maximum Gasteiger partial charge on any atom is 0.422 e. The number of nitro benzene ring substituents is 1. The first-order valence-electron chi connectivity index (χ1n) is 7.06. The minimum absolute atomic E-state index is 0.00495. The van der Waals surface area contributed by atoms with Crippen molar-refractivity contribution >= 4 is 17.3 Å². The van der Waals surface area contributed by atoms with E-state index in [1.807, 2.05) is 0 Å². The molecule has 1 aromatic heterocycles. The van der Waals surface area contributed by atoms with Crippen LogP contribution in [0.25, 0.3) is 5.69 Å². The molecule has 12 heteroatoms. The Kier molecular flexibility index (Phi) is 5.25. The zero-order valence-electron chi connectivity index (χ0n) is 13.6. The first-order chi connectivity index (χ1) is 12.6. The number of methoxy groups -OCH3 is 1. The van der Waals surface area contributed by atoms with E-state index in [-0.39, 0.29) is 22.6 Å². The second-order valence-electron chi connectivity index (χ2n) is 5.09. The highest BCUT2D eigenvalue weighted by Gasteiger charge is 2.30. The molecule has 0 saturated carbocycles. The van der Waals surface area contributed by atoms with Crippen molar-refractivity contribution in [3.8, 4) is 17.5 Å². The molecule has 0 aliphatic rings. The zero-order valence-corrected chi connectivity index (χ0v) is 13.6. The van der Waals surface area contributed by atoms with Crippen LogP contribution in [0.4, 0.5) is 24.5 Å². The van der Waals surface area contributed by atoms with Crippen LogP contribution in [0, 0.1) is 21.4 Å². The van der Waals surface area contributed by atoms with Crippen LogP contribution in [0.5, 0.6) is 5.75 Å². The molecule has 0 bridgehead atoms. The lowest BCUT2D eigenvalue weighted by molar-refractivity contribution is -0.386. The third-order valence-electron chi connectivity index (χ3n) is 3.35. The molecule has 0 aliphatic heterocycles. The number of aromatic nitrogens is 1. The molecule has 2 aromatic rings. The number of carbonyl (C=O) groups is 1. The number of nitrogens with two attached hydrogens (primary N) is 1. The van der Waals surface area contributed by atoms with E-state index in [4.69, 9.17) is 11.0 Å². The largest absolute Gasteiger partial charge is 0.477 e. The molecule has 0 amide bonds. The summed E-state index contributed by atoms with van der Waals surface area (Å²) >= 11 is 0. The summed E-state index contributed by atoms with van der Waals surface area (Å²) in [4.78, 5) is 22.2. The summed E-state index contributed by atoms with van der Waals surface area (Å²) in [6.07, 6.45) is -3.53. The molecule has 1 aromatic carbocycles. The Morgan fingerprint density at radius 1 is 1.44 bits per heavy atom. The standard InChI is InChI=1S/C15H11F3N4O5/c1-26-14(23)13-12(20)8(5-19)6-21(13)9-2-3-11(10(4-9)22(24)25)27-7-15(16,17)18/h2-4,6H,7,20H2,1H3. The van der Waals surface area contributed by atoms with E-state index in [1.165, 1.54) is 6.07 Å². The Labute approximate surface area is 149 Å². The van der Waals surface area contributed by atoms with Gasteiger partial charge in [0.25, 0.3) is 0 Å². The van der Waals surface area contributed by atoms with Crippen molar-refractivity contribution in [2.45, 2.75) is 6.18 Å². The van der Waals surface area contributed by atoms with E-state index in [9.17, 15) is 28.1 Å². The fourth-order valence-corrected chi connectivity index (χ4v) is 2.20. The lowest BCUT2D eigenvalue weighted by Crippen LogP contribution is -2.19. The highest BCUT2D eigenvalue weighted by atomic mass is 19.4. The first kappa shape index (κ1) is 19.6. The molecule has 0 spiro atoms. The SMILES string of the molecule is COC(=O)c1c(N)c(C#N)cn1-c1ccc(OCC(F)(F)F)c([N+](=O)[O-])c1. The Bertz CT molecular complexity index is 946. The van der Waals surface area contributed by atoms with Crippen LogP contribution in [0.3, 0.4) is 0 Å². The summed E-state index contributed by atoms with van der Waals surface area (Å²) in [7, 11) is 1.07. The van der Waals surface area contributed by atoms with Crippen LogP contribution < -0.4 is 10.5 Å². The number of ether oxygens (including phenoxy) is 2. The molecule has 9 nitrogen and oxygen atoms in total. The number of rotatable bonds is 5. The predicted molar refractivity (Wildman–Crippen MR) is 84.4 cm³/mol. The van der Waals surface area contributed by atoms with Crippen molar-refractivity contribution < 1.29 is 32.4 Å². The summed E-state index contributed by atoms with van der Waals surface area (Å²) in [5, 5.41) is 20.3. The van der Waals surface area contributed by atoms with Gasteiger partial charge in [0.15, 0.2) is 18.1 Å². The van der Waals surface area contributed by atoms with Gasteiger partial charge in [-0.25, -0.2) is 4.79 Å². The van der Waals surface area contributed by atoms with Gasteiger partial charge < -0.3 is 19.8 Å². The van der Waals surface area contributed by atoms with Crippen molar-refractivity contribution in [1.29, 1.82) is 5.26 Å². The summed E-state index contributed by atoms with van der Waals surface area (Å²) in [6, 6.07) is 4.76. The number of hydrogen-bond acceptors (Lipinski definition) is 7. The van der Waals surface area contributed by atoms with Gasteiger partial charge >= 0.3 is 17.8 Å². The Balaban J connectivity index is 2.58. The van der Waals surface area contributed by atoms with Crippen LogP contribution >= 0.6 is 0 Å². The van der Waals surface area contributed by atoms with Gasteiger partial charge in [-0.05, 0) is 12.1 Å². The number of nitriles is 1. The lowest BCUT2D eigenvalue weighted by Gasteiger charge is -2.12. The average molecular weight is 384 g/mol. The molecule has 0 radical (unpaired) electrons. The fourth-order valence-electron chi connectivity index (χ4n) is 2.20. The van der Waals surface area contributed by atoms with Gasteiger partial charge in [0, 0.05) is 12.3 Å². The van der Waals surface area contributed by atoms with Crippen molar-refractivity contribution in [1.82, 2.24) is 4.57 Å². The van der Waals surface area contributed by atoms with Crippen LogP contribution in [0.15, 0.2) is 24.4 Å². The van der Waals surface area contributed by atoms with Gasteiger partial charge in [-0.15, -0.1) is 0 Å². The third kappa shape index (κ3) is 4.09. The molecule has 2 rings (SSSR count). The summed E-state index contributed by atoms with van der Waals surface area (Å²) in [5.74, 6) is -1.52. The van der Waals surface area contributed by atoms with E-state index in [0.717, 1.165) is 30.0 Å². The quantitative estimate of drug-likeness (QED) is 0.476. The molecule has 0 fully saturated rings. The minimum atomic E-state index is -4.68. The number of alkyl halides is 3.